The molecule has 0 amide bonds. The van der Waals surface area contributed by atoms with E-state index in [2.05, 4.69) is 0 Å². The number of sulfone groups is 1. The number of rotatable bonds is 4. The molecule has 1 aromatic rings. The molecule has 0 spiro atoms. The minimum Gasteiger partial charge on any atom is -0.326 e. The number of halogens is 2. The summed E-state index contributed by atoms with van der Waals surface area (Å²) in [6.45, 7) is 0. The first-order valence-electron chi connectivity index (χ1n) is 4.65. The molecule has 0 saturated heterocycles. The summed E-state index contributed by atoms with van der Waals surface area (Å²) in [5, 5.41) is 0. The molecule has 2 N–H and O–H groups in total. The third-order valence-electron chi connectivity index (χ3n) is 2.01. The minimum absolute atomic E-state index is 0.0686. The lowest BCUT2D eigenvalue weighted by molar-refractivity contribution is 0.560. The standard InChI is InChI=1S/C10H13F2NO2S/c1-16(14,15)6-9(13)4-7-2-3-8(11)5-10(7)12/h2-3,5,9H,4,6,13H2,1H3. The molecule has 90 valence electrons. The molecule has 0 radical (unpaired) electrons. The van der Waals surface area contributed by atoms with E-state index in [1.165, 1.54) is 6.07 Å². The largest absolute Gasteiger partial charge is 0.326 e. The fourth-order valence-corrected chi connectivity index (χ4v) is 2.31. The zero-order valence-electron chi connectivity index (χ0n) is 8.78. The average Bonchev–Trinajstić information content (AvgIpc) is 2.06. The number of benzene rings is 1. The highest BCUT2D eigenvalue weighted by molar-refractivity contribution is 7.90. The maximum atomic E-state index is 13.2. The monoisotopic (exact) mass is 249 g/mol. The Labute approximate surface area is 93.2 Å². The van der Waals surface area contributed by atoms with Gasteiger partial charge in [0.2, 0.25) is 0 Å². The van der Waals surface area contributed by atoms with Crippen molar-refractivity contribution in [2.24, 2.45) is 5.73 Å². The van der Waals surface area contributed by atoms with Gasteiger partial charge in [-0.1, -0.05) is 6.07 Å². The summed E-state index contributed by atoms with van der Waals surface area (Å²) in [4.78, 5) is 0. The first-order chi connectivity index (χ1) is 7.28. The van der Waals surface area contributed by atoms with Crippen molar-refractivity contribution in [2.75, 3.05) is 12.0 Å². The molecule has 0 aromatic heterocycles. The minimum atomic E-state index is -3.19. The van der Waals surface area contributed by atoms with Crippen molar-refractivity contribution in [2.45, 2.75) is 12.5 Å². The summed E-state index contributed by atoms with van der Waals surface area (Å²) < 4.78 is 47.7. The smallest absolute Gasteiger partial charge is 0.148 e. The molecule has 1 aromatic carbocycles. The lowest BCUT2D eigenvalue weighted by Crippen LogP contribution is -2.31. The van der Waals surface area contributed by atoms with E-state index < -0.39 is 27.5 Å². The van der Waals surface area contributed by atoms with Gasteiger partial charge in [0.25, 0.3) is 0 Å². The fourth-order valence-electron chi connectivity index (χ4n) is 1.42. The zero-order chi connectivity index (χ0) is 12.3. The Hall–Kier alpha value is -1.01. The van der Waals surface area contributed by atoms with Gasteiger partial charge in [0.15, 0.2) is 0 Å². The maximum Gasteiger partial charge on any atom is 0.148 e. The number of hydrogen-bond donors (Lipinski definition) is 1. The first kappa shape index (κ1) is 13.1. The molecule has 0 aliphatic heterocycles. The van der Waals surface area contributed by atoms with Crippen molar-refractivity contribution in [1.82, 2.24) is 0 Å². The molecule has 0 heterocycles. The van der Waals surface area contributed by atoms with Gasteiger partial charge in [0.1, 0.15) is 21.5 Å². The normalized spacial score (nSPS) is 13.8. The van der Waals surface area contributed by atoms with Crippen molar-refractivity contribution in [3.05, 3.63) is 35.4 Å². The Morgan fingerprint density at radius 3 is 2.50 bits per heavy atom. The predicted molar refractivity (Wildman–Crippen MR) is 57.7 cm³/mol. The lowest BCUT2D eigenvalue weighted by Gasteiger charge is -2.10. The second-order valence-corrected chi connectivity index (χ2v) is 5.98. The van der Waals surface area contributed by atoms with Gasteiger partial charge >= 0.3 is 0 Å². The van der Waals surface area contributed by atoms with Gasteiger partial charge in [-0.15, -0.1) is 0 Å². The molecule has 1 unspecified atom stereocenters. The van der Waals surface area contributed by atoms with Crippen molar-refractivity contribution >= 4 is 9.84 Å². The summed E-state index contributed by atoms with van der Waals surface area (Å²) in [6, 6.07) is 2.45. The molecule has 0 fully saturated rings. The Morgan fingerprint density at radius 2 is 2.00 bits per heavy atom. The fraction of sp³-hybridized carbons (Fsp3) is 0.400. The van der Waals surface area contributed by atoms with Crippen LogP contribution in [0.25, 0.3) is 0 Å². The van der Waals surface area contributed by atoms with Crippen LogP contribution in [0.1, 0.15) is 5.56 Å². The second kappa shape index (κ2) is 4.88. The molecule has 0 aliphatic carbocycles. The Bertz CT molecular complexity index is 474. The van der Waals surface area contributed by atoms with Crippen LogP contribution in [0, 0.1) is 11.6 Å². The van der Waals surface area contributed by atoms with Crippen LogP contribution < -0.4 is 5.73 Å². The van der Waals surface area contributed by atoms with Gasteiger partial charge in [0.05, 0.1) is 5.75 Å². The molecule has 0 bridgehead atoms. The van der Waals surface area contributed by atoms with Crippen molar-refractivity contribution in [3.63, 3.8) is 0 Å². The van der Waals surface area contributed by atoms with Crippen molar-refractivity contribution in [3.8, 4) is 0 Å². The summed E-state index contributed by atoms with van der Waals surface area (Å²) in [5.41, 5.74) is 5.78. The van der Waals surface area contributed by atoms with Crippen LogP contribution in [-0.4, -0.2) is 26.5 Å². The first-order valence-corrected chi connectivity index (χ1v) is 6.71. The van der Waals surface area contributed by atoms with Crippen molar-refractivity contribution < 1.29 is 17.2 Å². The highest BCUT2D eigenvalue weighted by Gasteiger charge is 2.14. The third kappa shape index (κ3) is 4.24. The van der Waals surface area contributed by atoms with Gasteiger partial charge in [0, 0.05) is 18.4 Å². The van der Waals surface area contributed by atoms with E-state index in [9.17, 15) is 17.2 Å². The summed E-state index contributed by atoms with van der Waals surface area (Å²) >= 11 is 0. The van der Waals surface area contributed by atoms with E-state index in [0.29, 0.717) is 0 Å². The van der Waals surface area contributed by atoms with E-state index in [1.54, 1.807) is 0 Å². The molecule has 0 aliphatic rings. The maximum absolute atomic E-state index is 13.2. The van der Waals surface area contributed by atoms with Crippen LogP contribution in [0.4, 0.5) is 8.78 Å². The second-order valence-electron chi connectivity index (χ2n) is 3.79. The van der Waals surface area contributed by atoms with Crippen LogP contribution in [0.2, 0.25) is 0 Å². The lowest BCUT2D eigenvalue weighted by atomic mass is 10.1. The average molecular weight is 249 g/mol. The molecule has 3 nitrogen and oxygen atoms in total. The molecule has 0 saturated carbocycles. The van der Waals surface area contributed by atoms with E-state index in [0.717, 1.165) is 18.4 Å². The summed E-state index contributed by atoms with van der Waals surface area (Å²) in [6.07, 6.45) is 1.13. The topological polar surface area (TPSA) is 60.2 Å². The van der Waals surface area contributed by atoms with Gasteiger partial charge in [-0.3, -0.25) is 0 Å². The van der Waals surface area contributed by atoms with E-state index in [1.807, 2.05) is 0 Å². The van der Waals surface area contributed by atoms with Gasteiger partial charge in [-0.25, -0.2) is 17.2 Å². The number of nitrogens with two attached hydrogens (primary N) is 1. The summed E-state index contributed by atoms with van der Waals surface area (Å²) in [5.74, 6) is -1.59. The molecule has 16 heavy (non-hydrogen) atoms. The SMILES string of the molecule is CS(=O)(=O)CC(N)Cc1ccc(F)cc1F. The van der Waals surface area contributed by atoms with Gasteiger partial charge in [-0.2, -0.15) is 0 Å². The Morgan fingerprint density at radius 1 is 1.38 bits per heavy atom. The van der Waals surface area contributed by atoms with E-state index in [4.69, 9.17) is 5.73 Å². The van der Waals surface area contributed by atoms with E-state index in [-0.39, 0.29) is 17.7 Å². The van der Waals surface area contributed by atoms with Crippen LogP contribution >= 0.6 is 0 Å². The molecular weight excluding hydrogens is 236 g/mol. The molecular formula is C10H13F2NO2S. The zero-order valence-corrected chi connectivity index (χ0v) is 9.60. The molecule has 1 atom stereocenters. The summed E-state index contributed by atoms with van der Waals surface area (Å²) in [7, 11) is -3.19. The van der Waals surface area contributed by atoms with Crippen LogP contribution in [0.5, 0.6) is 0 Å². The Balaban J connectivity index is 2.73. The van der Waals surface area contributed by atoms with Crippen LogP contribution in [0.15, 0.2) is 18.2 Å². The van der Waals surface area contributed by atoms with Gasteiger partial charge < -0.3 is 5.73 Å². The van der Waals surface area contributed by atoms with Crippen LogP contribution in [-0.2, 0) is 16.3 Å². The highest BCUT2D eigenvalue weighted by atomic mass is 32.2. The van der Waals surface area contributed by atoms with Crippen LogP contribution in [0.3, 0.4) is 0 Å². The quantitative estimate of drug-likeness (QED) is 0.861. The highest BCUT2D eigenvalue weighted by Crippen LogP contribution is 2.11. The third-order valence-corrected chi connectivity index (χ3v) is 3.05. The van der Waals surface area contributed by atoms with Gasteiger partial charge in [-0.05, 0) is 18.1 Å². The van der Waals surface area contributed by atoms with Crippen molar-refractivity contribution in [1.29, 1.82) is 0 Å². The Kier molecular flexibility index (Phi) is 3.98. The predicted octanol–water partition coefficient (Wildman–Crippen LogP) is 0.879. The molecule has 1 rings (SSSR count). The molecule has 6 heteroatoms. The van der Waals surface area contributed by atoms with E-state index >= 15 is 0 Å². The number of hydrogen-bond acceptors (Lipinski definition) is 3.